The molecule has 3 rings (SSSR count). The highest BCUT2D eigenvalue weighted by molar-refractivity contribution is 7.89. The van der Waals surface area contributed by atoms with Gasteiger partial charge in [0.25, 0.3) is 5.91 Å². The number of rotatable bonds is 7. The predicted octanol–water partition coefficient (Wildman–Crippen LogP) is 3.58. The van der Waals surface area contributed by atoms with Crippen molar-refractivity contribution >= 4 is 33.2 Å². The summed E-state index contributed by atoms with van der Waals surface area (Å²) in [5.41, 5.74) is 6.00. The van der Waals surface area contributed by atoms with Crippen molar-refractivity contribution in [3.05, 3.63) is 53.1 Å². The lowest BCUT2D eigenvalue weighted by Crippen LogP contribution is -2.44. The molecule has 1 saturated carbocycles. The highest BCUT2D eigenvalue weighted by Crippen LogP contribution is 2.29. The Bertz CT molecular complexity index is 1010. The van der Waals surface area contributed by atoms with Crippen LogP contribution < -0.4 is 11.1 Å². The first-order valence-corrected chi connectivity index (χ1v) is 11.8. The fourth-order valence-corrected chi connectivity index (χ4v) is 5.65. The number of aromatic hydroxyl groups is 1. The molecule has 1 fully saturated rings. The number of sulfonamides is 1. The average molecular weight is 452 g/mol. The van der Waals surface area contributed by atoms with Crippen molar-refractivity contribution in [3.8, 4) is 5.75 Å². The van der Waals surface area contributed by atoms with Crippen LogP contribution in [-0.2, 0) is 10.0 Å². The van der Waals surface area contributed by atoms with E-state index in [9.17, 15) is 18.3 Å². The number of amides is 1. The van der Waals surface area contributed by atoms with Gasteiger partial charge in [-0.2, -0.15) is 4.31 Å². The number of nitrogens with two attached hydrogens (primary N) is 1. The molecule has 0 aromatic heterocycles. The van der Waals surface area contributed by atoms with Crippen LogP contribution in [0.25, 0.3) is 0 Å². The van der Waals surface area contributed by atoms with Crippen LogP contribution in [0.3, 0.4) is 0 Å². The Hall–Kier alpha value is -2.13. The Kier molecular flexibility index (Phi) is 7.36. The Balaban J connectivity index is 1.87. The molecule has 0 spiro atoms. The van der Waals surface area contributed by atoms with Gasteiger partial charge in [-0.25, -0.2) is 8.42 Å². The first kappa shape index (κ1) is 22.6. The summed E-state index contributed by atoms with van der Waals surface area (Å²) in [5, 5.41) is 12.8. The molecule has 1 aliphatic rings. The third-order valence-corrected chi connectivity index (χ3v) is 7.42. The smallest absolute Gasteiger partial charge is 0.255 e. The first-order valence-electron chi connectivity index (χ1n) is 9.95. The van der Waals surface area contributed by atoms with Crippen molar-refractivity contribution in [2.24, 2.45) is 5.73 Å². The first-order chi connectivity index (χ1) is 14.3. The van der Waals surface area contributed by atoms with Gasteiger partial charge in [-0.05, 0) is 49.2 Å². The normalized spacial score (nSPS) is 15.3. The predicted molar refractivity (Wildman–Crippen MR) is 117 cm³/mol. The molecule has 162 valence electrons. The fraction of sp³-hybridized carbons (Fsp3) is 0.381. The summed E-state index contributed by atoms with van der Waals surface area (Å²) in [6.07, 6.45) is 4.72. The van der Waals surface area contributed by atoms with Crippen LogP contribution in [0.1, 0.15) is 42.5 Å². The third-order valence-electron chi connectivity index (χ3n) is 5.24. The maximum atomic E-state index is 13.3. The van der Waals surface area contributed by atoms with Gasteiger partial charge in [0, 0.05) is 29.7 Å². The molecule has 0 unspecified atom stereocenters. The van der Waals surface area contributed by atoms with E-state index in [1.54, 1.807) is 0 Å². The van der Waals surface area contributed by atoms with Gasteiger partial charge in [0.2, 0.25) is 10.0 Å². The van der Waals surface area contributed by atoms with Gasteiger partial charge in [-0.15, -0.1) is 0 Å². The minimum Gasteiger partial charge on any atom is -0.506 e. The summed E-state index contributed by atoms with van der Waals surface area (Å²) in [5.74, 6) is -0.685. The number of halogens is 1. The number of hydrogen-bond donors (Lipinski definition) is 3. The molecule has 2 aromatic rings. The molecule has 0 saturated heterocycles. The lowest BCUT2D eigenvalue weighted by molar-refractivity contribution is 0.102. The van der Waals surface area contributed by atoms with Crippen LogP contribution in [0.5, 0.6) is 5.75 Å². The maximum absolute atomic E-state index is 13.3. The average Bonchev–Trinajstić information content (AvgIpc) is 2.75. The van der Waals surface area contributed by atoms with E-state index in [4.69, 9.17) is 17.3 Å². The molecular formula is C21H26ClN3O4S. The number of carbonyl (C=O) groups is 1. The largest absolute Gasteiger partial charge is 0.506 e. The Morgan fingerprint density at radius 2 is 1.90 bits per heavy atom. The number of anilines is 1. The zero-order valence-electron chi connectivity index (χ0n) is 16.6. The fourth-order valence-electron chi connectivity index (χ4n) is 3.73. The second-order valence-electron chi connectivity index (χ2n) is 7.34. The summed E-state index contributed by atoms with van der Waals surface area (Å²) in [6.45, 7) is 0.462. The summed E-state index contributed by atoms with van der Waals surface area (Å²) < 4.78 is 28.1. The number of nitrogens with zero attached hydrogens (tertiary/aromatic N) is 1. The highest BCUT2D eigenvalue weighted by Gasteiger charge is 2.32. The van der Waals surface area contributed by atoms with E-state index in [2.05, 4.69) is 5.32 Å². The molecule has 1 aliphatic carbocycles. The third kappa shape index (κ3) is 5.13. The van der Waals surface area contributed by atoms with Crippen molar-refractivity contribution in [3.63, 3.8) is 0 Å². The van der Waals surface area contributed by atoms with Crippen molar-refractivity contribution in [2.45, 2.75) is 43.0 Å². The van der Waals surface area contributed by atoms with Gasteiger partial charge in [-0.1, -0.05) is 36.9 Å². The van der Waals surface area contributed by atoms with Crippen molar-refractivity contribution in [1.82, 2.24) is 4.31 Å². The van der Waals surface area contributed by atoms with Gasteiger partial charge in [-0.3, -0.25) is 4.79 Å². The molecule has 0 atom stereocenters. The van der Waals surface area contributed by atoms with Crippen molar-refractivity contribution in [1.29, 1.82) is 0 Å². The van der Waals surface area contributed by atoms with Gasteiger partial charge < -0.3 is 16.2 Å². The summed E-state index contributed by atoms with van der Waals surface area (Å²) in [7, 11) is -3.80. The molecule has 4 N–H and O–H groups in total. The summed E-state index contributed by atoms with van der Waals surface area (Å²) in [6, 6.07) is 10.1. The van der Waals surface area contributed by atoms with Crippen LogP contribution in [0.2, 0.25) is 5.02 Å². The molecule has 2 aromatic carbocycles. The van der Waals surface area contributed by atoms with Gasteiger partial charge in [0.05, 0.1) is 10.6 Å². The van der Waals surface area contributed by atoms with Gasteiger partial charge >= 0.3 is 0 Å². The molecule has 7 nitrogen and oxygen atoms in total. The Morgan fingerprint density at radius 1 is 1.17 bits per heavy atom. The number of hydrogen-bond acceptors (Lipinski definition) is 5. The van der Waals surface area contributed by atoms with Crippen molar-refractivity contribution in [2.75, 3.05) is 18.4 Å². The molecule has 0 heterocycles. The van der Waals surface area contributed by atoms with Crippen LogP contribution in [0.4, 0.5) is 5.69 Å². The molecule has 0 radical (unpaired) electrons. The van der Waals surface area contributed by atoms with E-state index in [1.165, 1.54) is 46.8 Å². The SMILES string of the molecule is NCCN(C1CCCCC1)S(=O)(=O)c1cccc(C(=O)Nc2cc(Cl)ccc2O)c1. The van der Waals surface area contributed by atoms with E-state index in [0.717, 1.165) is 32.1 Å². The van der Waals surface area contributed by atoms with E-state index in [0.29, 0.717) is 5.02 Å². The van der Waals surface area contributed by atoms with E-state index >= 15 is 0 Å². The summed E-state index contributed by atoms with van der Waals surface area (Å²) in [4.78, 5) is 12.7. The number of carbonyl (C=O) groups excluding carboxylic acids is 1. The number of phenolic OH excluding ortho intramolecular Hbond substituents is 1. The molecule has 9 heteroatoms. The number of benzene rings is 2. The zero-order chi connectivity index (χ0) is 21.7. The van der Waals surface area contributed by atoms with E-state index in [-0.39, 0.29) is 41.0 Å². The second kappa shape index (κ2) is 9.78. The Labute approximate surface area is 181 Å². The topological polar surface area (TPSA) is 113 Å². The minimum atomic E-state index is -3.80. The van der Waals surface area contributed by atoms with Crippen LogP contribution >= 0.6 is 11.6 Å². The Morgan fingerprint density at radius 3 is 2.60 bits per heavy atom. The van der Waals surface area contributed by atoms with Crippen LogP contribution in [0, 0.1) is 0 Å². The second-order valence-corrected chi connectivity index (χ2v) is 9.67. The standard InChI is InChI=1S/C21H26ClN3O4S/c22-16-9-10-20(26)19(14-16)24-21(27)15-5-4-8-18(13-15)30(28,29)25(12-11-23)17-6-2-1-3-7-17/h4-5,8-10,13-14,17,26H,1-3,6-7,11-12,23H2,(H,24,27). The molecule has 30 heavy (non-hydrogen) atoms. The van der Waals surface area contributed by atoms with Crippen molar-refractivity contribution < 1.29 is 18.3 Å². The zero-order valence-corrected chi connectivity index (χ0v) is 18.1. The molecule has 0 aliphatic heterocycles. The van der Waals surface area contributed by atoms with E-state index in [1.807, 2.05) is 0 Å². The molecule has 0 bridgehead atoms. The lowest BCUT2D eigenvalue weighted by Gasteiger charge is -2.33. The highest BCUT2D eigenvalue weighted by atomic mass is 35.5. The summed E-state index contributed by atoms with van der Waals surface area (Å²) >= 11 is 5.91. The monoisotopic (exact) mass is 451 g/mol. The quantitative estimate of drug-likeness (QED) is 0.557. The van der Waals surface area contributed by atoms with E-state index < -0.39 is 15.9 Å². The number of phenols is 1. The number of nitrogens with one attached hydrogen (secondary N) is 1. The minimum absolute atomic E-state index is 0.0458. The lowest BCUT2D eigenvalue weighted by atomic mass is 9.95. The maximum Gasteiger partial charge on any atom is 0.255 e. The molecule has 1 amide bonds. The van der Waals surface area contributed by atoms with Crippen LogP contribution in [-0.4, -0.2) is 42.9 Å². The van der Waals surface area contributed by atoms with Crippen LogP contribution in [0.15, 0.2) is 47.4 Å². The van der Waals surface area contributed by atoms with Gasteiger partial charge in [0.1, 0.15) is 5.75 Å². The van der Waals surface area contributed by atoms with Gasteiger partial charge in [0.15, 0.2) is 0 Å². The molecular weight excluding hydrogens is 426 g/mol.